The molecule has 6 unspecified atom stereocenters. The van der Waals surface area contributed by atoms with Crippen molar-refractivity contribution >= 4 is 23.9 Å². The maximum Gasteiger partial charge on any atom is 0.335 e. The number of carbonyl (C=O) groups is 4. The molecule has 12 nitrogen and oxygen atoms in total. The minimum Gasteiger partial charge on any atom is -0.479 e. The van der Waals surface area contributed by atoms with Gasteiger partial charge in [-0.05, 0) is 103 Å². The number of hydrogen-bond donors (Lipinski definition) is 3. The molecule has 0 spiro atoms. The van der Waals surface area contributed by atoms with Gasteiger partial charge in [-0.15, -0.1) is 0 Å². The van der Waals surface area contributed by atoms with Gasteiger partial charge in [-0.3, -0.25) is 14.4 Å². The van der Waals surface area contributed by atoms with Crippen LogP contribution in [-0.4, -0.2) is 89.2 Å². The fourth-order valence-electron chi connectivity index (χ4n) is 8.28. The largest absolute Gasteiger partial charge is 0.479 e. The molecule has 0 aromatic rings. The summed E-state index contributed by atoms with van der Waals surface area (Å²) in [6.07, 6.45) is 58.0. The molecule has 1 rings (SSSR count). The van der Waals surface area contributed by atoms with Crippen LogP contribution in [0, 0.1) is 0 Å². The van der Waals surface area contributed by atoms with E-state index in [1.165, 1.54) is 57.8 Å². The Morgan fingerprint density at radius 2 is 0.883 bits per heavy atom. The molecule has 1 aliphatic heterocycles. The average molecular weight is 1080 g/mol. The van der Waals surface area contributed by atoms with Gasteiger partial charge in [0.25, 0.3) is 0 Å². The quantitative estimate of drug-likeness (QED) is 0.0228. The molecule has 1 fully saturated rings. The summed E-state index contributed by atoms with van der Waals surface area (Å²) in [6.45, 7) is 5.69. The molecule has 1 aliphatic rings. The molecule has 1 heterocycles. The zero-order chi connectivity index (χ0) is 56.1. The van der Waals surface area contributed by atoms with E-state index in [-0.39, 0.29) is 25.9 Å². The zero-order valence-electron chi connectivity index (χ0n) is 47.9. The van der Waals surface area contributed by atoms with Crippen LogP contribution in [0.4, 0.5) is 0 Å². The molecule has 0 bridgehead atoms. The first-order valence-electron chi connectivity index (χ1n) is 29.9. The molecule has 436 valence electrons. The van der Waals surface area contributed by atoms with Gasteiger partial charge in [0, 0.05) is 12.8 Å². The molecule has 0 radical (unpaired) electrons. The van der Waals surface area contributed by atoms with Crippen LogP contribution in [0.2, 0.25) is 0 Å². The smallest absolute Gasteiger partial charge is 0.335 e. The van der Waals surface area contributed by atoms with Gasteiger partial charge in [0.05, 0.1) is 13.0 Å². The van der Waals surface area contributed by atoms with Crippen LogP contribution in [0.15, 0.2) is 109 Å². The Morgan fingerprint density at radius 1 is 0.455 bits per heavy atom. The average Bonchev–Trinajstić information content (AvgIpc) is 3.41. The SMILES string of the molecule is CC/C=C\C/C=C\C/C=C\C/C=C\C/C=C\CC(=O)OC(COC(=O)CCCCCCCCCCC/C=C\C/C=C\CCCCC)COC1OC(C(=O)O)C(O)C(O)C1OC(=O)CCCCCCC/C=C\C/C=C\CCC. The van der Waals surface area contributed by atoms with Gasteiger partial charge in [0.15, 0.2) is 24.6 Å². The van der Waals surface area contributed by atoms with E-state index in [4.69, 9.17) is 23.7 Å². The van der Waals surface area contributed by atoms with E-state index >= 15 is 0 Å². The lowest BCUT2D eigenvalue weighted by atomic mass is 9.98. The predicted octanol–water partition coefficient (Wildman–Crippen LogP) is 15.4. The van der Waals surface area contributed by atoms with Gasteiger partial charge < -0.3 is 39.0 Å². The number of esters is 3. The van der Waals surface area contributed by atoms with Crippen molar-refractivity contribution in [2.75, 3.05) is 13.2 Å². The molecular weight excluding hydrogens is 973 g/mol. The number of unbranched alkanes of at least 4 members (excludes halogenated alkanes) is 18. The highest BCUT2D eigenvalue weighted by atomic mass is 16.7. The maximum absolute atomic E-state index is 13.1. The zero-order valence-corrected chi connectivity index (χ0v) is 47.9. The highest BCUT2D eigenvalue weighted by Crippen LogP contribution is 2.26. The van der Waals surface area contributed by atoms with Crippen molar-refractivity contribution in [3.8, 4) is 0 Å². The second-order valence-corrected chi connectivity index (χ2v) is 19.9. The Morgan fingerprint density at radius 3 is 1.36 bits per heavy atom. The summed E-state index contributed by atoms with van der Waals surface area (Å²) in [5.41, 5.74) is 0. The molecule has 6 atom stereocenters. The van der Waals surface area contributed by atoms with E-state index < -0.39 is 67.3 Å². The number of carbonyl (C=O) groups excluding carboxylic acids is 3. The lowest BCUT2D eigenvalue weighted by molar-refractivity contribution is -0.301. The minimum atomic E-state index is -1.93. The summed E-state index contributed by atoms with van der Waals surface area (Å²) < 4.78 is 28.3. The van der Waals surface area contributed by atoms with Crippen LogP contribution >= 0.6 is 0 Å². The van der Waals surface area contributed by atoms with Gasteiger partial charge in [0.1, 0.15) is 18.8 Å². The van der Waals surface area contributed by atoms with Crippen LogP contribution < -0.4 is 0 Å². The lowest BCUT2D eigenvalue weighted by Gasteiger charge is -2.40. The fourth-order valence-corrected chi connectivity index (χ4v) is 8.28. The first-order chi connectivity index (χ1) is 37.6. The van der Waals surface area contributed by atoms with Gasteiger partial charge in [-0.1, -0.05) is 214 Å². The lowest BCUT2D eigenvalue weighted by Crippen LogP contribution is -2.61. The van der Waals surface area contributed by atoms with E-state index in [9.17, 15) is 34.5 Å². The molecule has 0 saturated carbocycles. The Labute approximate surface area is 465 Å². The Balaban J connectivity index is 2.74. The third kappa shape index (κ3) is 42.1. The first kappa shape index (κ1) is 70.4. The summed E-state index contributed by atoms with van der Waals surface area (Å²) in [7, 11) is 0. The third-order valence-electron chi connectivity index (χ3n) is 12.8. The molecule has 0 aromatic heterocycles. The Hall–Kier alpha value is -4.62. The van der Waals surface area contributed by atoms with Crippen molar-refractivity contribution in [3.63, 3.8) is 0 Å². The maximum atomic E-state index is 13.1. The van der Waals surface area contributed by atoms with Crippen LogP contribution in [0.25, 0.3) is 0 Å². The number of rotatable bonds is 49. The normalized spacial score (nSPS) is 18.8. The highest BCUT2D eigenvalue weighted by Gasteiger charge is 2.50. The number of aliphatic carboxylic acids is 1. The summed E-state index contributed by atoms with van der Waals surface area (Å²) >= 11 is 0. The molecule has 0 aliphatic carbocycles. The van der Waals surface area contributed by atoms with E-state index in [2.05, 4.69) is 106 Å². The number of ether oxygens (including phenoxy) is 5. The first-order valence-corrected chi connectivity index (χ1v) is 29.9. The number of allylic oxidation sites excluding steroid dienone is 17. The Bertz CT molecular complexity index is 1750. The van der Waals surface area contributed by atoms with Crippen LogP contribution in [0.5, 0.6) is 0 Å². The molecule has 1 saturated heterocycles. The summed E-state index contributed by atoms with van der Waals surface area (Å²) in [4.78, 5) is 51.1. The van der Waals surface area contributed by atoms with Crippen molar-refractivity contribution in [3.05, 3.63) is 109 Å². The number of aliphatic hydroxyl groups is 2. The van der Waals surface area contributed by atoms with E-state index in [0.29, 0.717) is 19.3 Å². The number of carboxylic acid groups (broad SMARTS) is 1. The highest BCUT2D eigenvalue weighted by molar-refractivity contribution is 5.74. The number of hydrogen-bond acceptors (Lipinski definition) is 11. The standard InChI is InChI=1S/C65H104O12/c1-4-7-10-13-16-19-22-25-27-28-29-30-32-34-36-39-42-45-48-51-57(66)73-54-56(75-58(67)52-49-46-43-40-38-35-31-26-23-20-17-14-11-8-5-2)55-74-65-63(61(70)60(69)62(77-65)64(71)72)76-59(68)53-50-47-44-41-37-33-24-21-18-15-12-9-6-3/h8,11-12,15-17,19-21,24-27,31,38,40,46,49,56,60-63,65,69-70H,4-7,9-10,13-14,18,22-23,28-30,32-37,39,41-45,47-48,50-55H2,1-3H3,(H,71,72)/b11-8-,15-12-,19-16-,20-17-,24-21-,27-25-,31-26-,40-38-,49-46-. The molecule has 77 heavy (non-hydrogen) atoms. The van der Waals surface area contributed by atoms with Gasteiger partial charge in [0.2, 0.25) is 0 Å². The van der Waals surface area contributed by atoms with Crippen molar-refractivity contribution in [2.45, 2.75) is 263 Å². The number of aliphatic hydroxyl groups excluding tert-OH is 2. The topological polar surface area (TPSA) is 175 Å². The van der Waals surface area contributed by atoms with Crippen molar-refractivity contribution < 1.29 is 58.2 Å². The summed E-state index contributed by atoms with van der Waals surface area (Å²) in [5, 5.41) is 31.5. The molecule has 0 aromatic carbocycles. The van der Waals surface area contributed by atoms with Gasteiger partial charge in [-0.25, -0.2) is 4.79 Å². The molecular formula is C65H104O12. The third-order valence-corrected chi connectivity index (χ3v) is 12.8. The van der Waals surface area contributed by atoms with Crippen LogP contribution in [0.1, 0.15) is 226 Å². The second kappa shape index (κ2) is 52.1. The van der Waals surface area contributed by atoms with Gasteiger partial charge in [-0.2, -0.15) is 0 Å². The van der Waals surface area contributed by atoms with Gasteiger partial charge >= 0.3 is 23.9 Å². The predicted molar refractivity (Wildman–Crippen MR) is 312 cm³/mol. The molecule has 0 amide bonds. The van der Waals surface area contributed by atoms with E-state index in [0.717, 1.165) is 109 Å². The second-order valence-electron chi connectivity index (χ2n) is 19.9. The van der Waals surface area contributed by atoms with Crippen molar-refractivity contribution in [2.24, 2.45) is 0 Å². The summed E-state index contributed by atoms with van der Waals surface area (Å²) in [5.74, 6) is -3.32. The van der Waals surface area contributed by atoms with E-state index in [1.807, 2.05) is 18.2 Å². The van der Waals surface area contributed by atoms with Crippen molar-refractivity contribution in [1.29, 1.82) is 0 Å². The molecule has 3 N–H and O–H groups in total. The fraction of sp³-hybridized carbons (Fsp3) is 0.662. The van der Waals surface area contributed by atoms with Crippen molar-refractivity contribution in [1.82, 2.24) is 0 Å². The molecule has 12 heteroatoms. The van der Waals surface area contributed by atoms with Crippen LogP contribution in [-0.2, 0) is 42.9 Å². The van der Waals surface area contributed by atoms with E-state index in [1.54, 1.807) is 6.08 Å². The monoisotopic (exact) mass is 1080 g/mol. The number of carboxylic acids is 1. The summed E-state index contributed by atoms with van der Waals surface area (Å²) in [6, 6.07) is 0. The Kier molecular flexibility index (Phi) is 47.6. The van der Waals surface area contributed by atoms with Crippen LogP contribution in [0.3, 0.4) is 0 Å². The minimum absolute atomic E-state index is 0.0284.